The van der Waals surface area contributed by atoms with Crippen molar-refractivity contribution in [2.24, 2.45) is 11.8 Å². The number of ketones is 1. The molecule has 5 rings (SSSR count). The molecule has 1 N–H and O–H groups in total. The quantitative estimate of drug-likeness (QED) is 0.621. The van der Waals surface area contributed by atoms with Crippen LogP contribution in [0, 0.1) is 11.8 Å². The number of fused-ring (bicyclic) bond motifs is 5. The molecule has 3 aliphatic rings. The summed E-state index contributed by atoms with van der Waals surface area (Å²) in [6.45, 7) is 2.06. The predicted molar refractivity (Wildman–Crippen MR) is 114 cm³/mol. The molecule has 1 fully saturated rings. The molecular formula is C24H26ClNO3. The van der Waals surface area contributed by atoms with Gasteiger partial charge in [0.2, 0.25) is 5.88 Å². The Morgan fingerprint density at radius 2 is 1.83 bits per heavy atom. The molecule has 0 unspecified atom stereocenters. The Kier molecular flexibility index (Phi) is 5.91. The van der Waals surface area contributed by atoms with Crippen LogP contribution in [-0.2, 0) is 11.2 Å². The van der Waals surface area contributed by atoms with Crippen LogP contribution >= 0.6 is 11.6 Å². The number of aliphatic hydroxyl groups excluding tert-OH is 1. The molecule has 1 aromatic heterocycles. The van der Waals surface area contributed by atoms with E-state index in [2.05, 4.69) is 11.9 Å². The minimum absolute atomic E-state index is 0.0477. The summed E-state index contributed by atoms with van der Waals surface area (Å²) < 4.78 is 5.88. The first kappa shape index (κ1) is 20.0. The fraction of sp³-hybridized carbons (Fsp3) is 0.417. The van der Waals surface area contributed by atoms with Crippen LogP contribution in [0.4, 0.5) is 0 Å². The van der Waals surface area contributed by atoms with Gasteiger partial charge in [-0.15, -0.1) is 0 Å². The second-order valence-electron chi connectivity index (χ2n) is 8.13. The monoisotopic (exact) mass is 411 g/mol. The van der Waals surface area contributed by atoms with E-state index in [4.69, 9.17) is 16.3 Å². The maximum atomic E-state index is 13.2. The maximum Gasteiger partial charge on any atom is 0.219 e. The number of hydrogen-bond donors (Lipinski definition) is 1. The van der Waals surface area contributed by atoms with Crippen LogP contribution in [0.3, 0.4) is 0 Å². The van der Waals surface area contributed by atoms with Crippen molar-refractivity contribution in [3.05, 3.63) is 58.4 Å². The highest BCUT2D eigenvalue weighted by molar-refractivity contribution is 6.30. The highest BCUT2D eigenvalue weighted by Gasteiger charge is 2.31. The predicted octanol–water partition coefficient (Wildman–Crippen LogP) is 6.53. The van der Waals surface area contributed by atoms with Crippen LogP contribution in [0.25, 0.3) is 5.57 Å². The molecular weight excluding hydrogens is 386 g/mol. The third-order valence-electron chi connectivity index (χ3n) is 6.14. The van der Waals surface area contributed by atoms with Gasteiger partial charge in [0, 0.05) is 25.1 Å². The second kappa shape index (κ2) is 8.58. The van der Waals surface area contributed by atoms with Gasteiger partial charge < -0.3 is 9.84 Å². The molecule has 0 atom stereocenters. The third-order valence-corrected chi connectivity index (χ3v) is 6.37. The Morgan fingerprint density at radius 3 is 2.48 bits per heavy atom. The van der Waals surface area contributed by atoms with Crippen molar-refractivity contribution in [3.63, 3.8) is 0 Å². The van der Waals surface area contributed by atoms with Crippen LogP contribution in [0.5, 0.6) is 11.6 Å². The lowest BCUT2D eigenvalue weighted by atomic mass is 9.79. The lowest BCUT2D eigenvalue weighted by Gasteiger charge is -2.26. The van der Waals surface area contributed by atoms with Gasteiger partial charge in [0.15, 0.2) is 5.78 Å². The highest BCUT2D eigenvalue weighted by atomic mass is 35.5. The molecule has 0 aliphatic heterocycles. The van der Waals surface area contributed by atoms with Gasteiger partial charge in [-0.1, -0.05) is 24.6 Å². The Labute approximate surface area is 176 Å². The summed E-state index contributed by atoms with van der Waals surface area (Å²) >= 11 is 5.89. The lowest BCUT2D eigenvalue weighted by molar-refractivity contribution is -0.114. The van der Waals surface area contributed by atoms with E-state index in [9.17, 15) is 9.90 Å². The van der Waals surface area contributed by atoms with Crippen molar-refractivity contribution in [2.45, 2.75) is 51.9 Å². The number of pyridine rings is 1. The summed E-state index contributed by atoms with van der Waals surface area (Å²) in [4.78, 5) is 17.4. The zero-order chi connectivity index (χ0) is 20.4. The number of carbonyl (C=O) groups is 1. The molecule has 29 heavy (non-hydrogen) atoms. The van der Waals surface area contributed by atoms with E-state index in [-0.39, 0.29) is 11.5 Å². The Morgan fingerprint density at radius 1 is 1.10 bits per heavy atom. The van der Waals surface area contributed by atoms with E-state index in [1.165, 1.54) is 6.20 Å². The highest BCUT2D eigenvalue weighted by Crippen LogP contribution is 2.40. The van der Waals surface area contributed by atoms with Crippen molar-refractivity contribution in [1.29, 1.82) is 0 Å². The number of benzene rings is 1. The van der Waals surface area contributed by atoms with Gasteiger partial charge in [-0.05, 0) is 73.3 Å². The van der Waals surface area contributed by atoms with Gasteiger partial charge in [-0.2, -0.15) is 0 Å². The van der Waals surface area contributed by atoms with Crippen LogP contribution in [-0.4, -0.2) is 15.9 Å². The number of halogens is 1. The van der Waals surface area contributed by atoms with Crippen LogP contribution in [0.2, 0.25) is 5.02 Å². The number of allylic oxidation sites excluding steroid dienone is 2. The number of hydrogen-bond acceptors (Lipinski definition) is 4. The normalized spacial score (nSPS) is 24.7. The van der Waals surface area contributed by atoms with Gasteiger partial charge in [-0.3, -0.25) is 4.79 Å². The zero-order valence-corrected chi connectivity index (χ0v) is 17.4. The summed E-state index contributed by atoms with van der Waals surface area (Å²) in [6.07, 6.45) is 7.77. The topological polar surface area (TPSA) is 59.4 Å². The van der Waals surface area contributed by atoms with Crippen molar-refractivity contribution in [1.82, 2.24) is 4.98 Å². The van der Waals surface area contributed by atoms with Gasteiger partial charge in [-0.25, -0.2) is 4.98 Å². The summed E-state index contributed by atoms with van der Waals surface area (Å²) in [5.41, 5.74) is 2.29. The molecule has 3 aliphatic carbocycles. The van der Waals surface area contributed by atoms with Crippen molar-refractivity contribution in [3.8, 4) is 11.6 Å². The first-order chi connectivity index (χ1) is 14.0. The molecule has 0 spiro atoms. The molecule has 1 saturated carbocycles. The summed E-state index contributed by atoms with van der Waals surface area (Å²) in [6, 6.07) is 9.12. The van der Waals surface area contributed by atoms with Crippen LogP contribution in [0.15, 0.2) is 42.3 Å². The smallest absolute Gasteiger partial charge is 0.219 e. The van der Waals surface area contributed by atoms with E-state index in [0.717, 1.165) is 43.2 Å². The number of Topliss-reactive ketones (excluding diaryl/α,β-unsaturated/α-hetero) is 1. The number of aliphatic hydroxyl groups is 1. The SMILES string of the molecule is CCc1ccc(Oc2ccc(Cl)cn2)cc1/C1=C(\O)C[C@H]2CC[C@H](CC2)CC1=O. The van der Waals surface area contributed by atoms with Gasteiger partial charge in [0.05, 0.1) is 10.6 Å². The van der Waals surface area contributed by atoms with Crippen molar-refractivity contribution < 1.29 is 14.6 Å². The zero-order valence-electron chi connectivity index (χ0n) is 16.7. The molecule has 152 valence electrons. The molecule has 0 saturated heterocycles. The molecule has 1 aromatic carbocycles. The van der Waals surface area contributed by atoms with Crippen molar-refractivity contribution >= 4 is 23.0 Å². The van der Waals surface area contributed by atoms with Gasteiger partial charge in [0.25, 0.3) is 0 Å². The number of nitrogens with zero attached hydrogens (tertiary/aromatic N) is 1. The van der Waals surface area contributed by atoms with Crippen LogP contribution in [0.1, 0.15) is 56.6 Å². The van der Waals surface area contributed by atoms with Crippen LogP contribution < -0.4 is 4.74 Å². The summed E-state index contributed by atoms with van der Waals surface area (Å²) in [5, 5.41) is 11.5. The van der Waals surface area contributed by atoms with E-state index in [1.807, 2.05) is 18.2 Å². The Bertz CT molecular complexity index is 928. The van der Waals surface area contributed by atoms with E-state index >= 15 is 0 Å². The fourth-order valence-corrected chi connectivity index (χ4v) is 4.66. The minimum atomic E-state index is 0.0477. The fourth-order valence-electron chi connectivity index (χ4n) is 4.55. The van der Waals surface area contributed by atoms with Gasteiger partial charge >= 0.3 is 0 Å². The molecule has 4 nitrogen and oxygen atoms in total. The average Bonchev–Trinajstić information content (AvgIpc) is 2.80. The first-order valence-corrected chi connectivity index (χ1v) is 10.8. The Balaban J connectivity index is 1.72. The first-order valence-electron chi connectivity index (χ1n) is 10.4. The second-order valence-corrected chi connectivity index (χ2v) is 8.57. The van der Waals surface area contributed by atoms with Crippen molar-refractivity contribution in [2.75, 3.05) is 0 Å². The molecule has 2 aromatic rings. The third kappa shape index (κ3) is 4.48. The standard InChI is InChI=1S/C24H26ClNO3/c1-2-17-7-9-19(29-23-10-8-18(25)14-26-23)13-20(17)24-21(27)11-15-3-4-16(6-5-15)12-22(24)28/h7-10,13-16,27H,2-6,11-12H2,1H3/b24-21+/t15-,16+. The van der Waals surface area contributed by atoms with E-state index in [0.29, 0.717) is 46.9 Å². The van der Waals surface area contributed by atoms with E-state index in [1.54, 1.807) is 12.1 Å². The molecule has 2 bridgehead atoms. The van der Waals surface area contributed by atoms with Gasteiger partial charge in [0.1, 0.15) is 11.5 Å². The lowest BCUT2D eigenvalue weighted by Crippen LogP contribution is -2.15. The molecule has 0 radical (unpaired) electrons. The largest absolute Gasteiger partial charge is 0.512 e. The number of aromatic nitrogens is 1. The number of aryl methyl sites for hydroxylation is 1. The molecule has 0 amide bonds. The minimum Gasteiger partial charge on any atom is -0.512 e. The summed E-state index contributed by atoms with van der Waals surface area (Å²) in [5.74, 6) is 2.20. The number of rotatable bonds is 4. The number of carbonyl (C=O) groups excluding carboxylic acids is 1. The average molecular weight is 412 g/mol. The van der Waals surface area contributed by atoms with E-state index < -0.39 is 0 Å². The Hall–Kier alpha value is -2.33. The maximum absolute atomic E-state index is 13.2. The molecule has 5 heteroatoms. The number of ether oxygens (including phenoxy) is 1. The summed E-state index contributed by atoms with van der Waals surface area (Å²) in [7, 11) is 0. The molecule has 1 heterocycles.